The highest BCUT2D eigenvalue weighted by Gasteiger charge is 2.12. The van der Waals surface area contributed by atoms with E-state index in [2.05, 4.69) is 0 Å². The van der Waals surface area contributed by atoms with Crippen molar-refractivity contribution in [2.75, 3.05) is 0 Å². The van der Waals surface area contributed by atoms with Crippen molar-refractivity contribution in [3.63, 3.8) is 0 Å². The van der Waals surface area contributed by atoms with E-state index in [9.17, 15) is 9.18 Å². The molecular formula is C8H8BFO2. The molecule has 0 saturated heterocycles. The topological polar surface area (TPSA) is 37.3 Å². The van der Waals surface area contributed by atoms with Gasteiger partial charge in [0.25, 0.3) is 0 Å². The number of benzene rings is 1. The van der Waals surface area contributed by atoms with E-state index in [1.807, 2.05) is 0 Å². The van der Waals surface area contributed by atoms with Gasteiger partial charge in [-0.2, -0.15) is 0 Å². The van der Waals surface area contributed by atoms with Crippen molar-refractivity contribution in [1.29, 1.82) is 0 Å². The molecule has 0 atom stereocenters. The minimum atomic E-state index is -1.22. The molecule has 0 unspecified atom stereocenters. The van der Waals surface area contributed by atoms with E-state index in [1.165, 1.54) is 6.07 Å². The van der Waals surface area contributed by atoms with Crippen molar-refractivity contribution in [2.24, 2.45) is 0 Å². The minimum absolute atomic E-state index is 0.236. The van der Waals surface area contributed by atoms with Gasteiger partial charge in [0.15, 0.2) is 0 Å². The molecule has 1 N–H and O–H groups in total. The fourth-order valence-electron chi connectivity index (χ4n) is 1.19. The fourth-order valence-corrected chi connectivity index (χ4v) is 1.19. The zero-order chi connectivity index (χ0) is 9.30. The molecule has 0 aliphatic heterocycles. The van der Waals surface area contributed by atoms with Crippen molar-refractivity contribution in [1.82, 2.24) is 0 Å². The highest BCUT2D eigenvalue weighted by atomic mass is 19.1. The molecule has 2 nitrogen and oxygen atoms in total. The quantitative estimate of drug-likeness (QED) is 0.600. The van der Waals surface area contributed by atoms with Crippen LogP contribution < -0.4 is 5.46 Å². The Hall–Kier alpha value is -1.32. The van der Waals surface area contributed by atoms with E-state index in [1.54, 1.807) is 20.8 Å². The molecule has 0 aromatic heterocycles. The third-order valence-corrected chi connectivity index (χ3v) is 1.65. The van der Waals surface area contributed by atoms with Crippen LogP contribution in [-0.4, -0.2) is 18.9 Å². The molecule has 0 spiro atoms. The Kier molecular flexibility index (Phi) is 2.17. The highest BCUT2D eigenvalue weighted by molar-refractivity contribution is 6.32. The first-order valence-corrected chi connectivity index (χ1v) is 3.52. The van der Waals surface area contributed by atoms with E-state index in [0.29, 0.717) is 5.56 Å². The molecule has 62 valence electrons. The Morgan fingerprint density at radius 2 is 2.17 bits per heavy atom. The Morgan fingerprint density at radius 3 is 2.58 bits per heavy atom. The fraction of sp³-hybridized carbons (Fsp3) is 0.125. The van der Waals surface area contributed by atoms with Crippen LogP contribution in [0.3, 0.4) is 0 Å². The smallest absolute Gasteiger partial charge is 0.338 e. The molecule has 0 aliphatic rings. The molecular weight excluding hydrogens is 158 g/mol. The minimum Gasteiger partial charge on any atom is -0.478 e. The molecule has 0 fully saturated rings. The molecule has 0 saturated carbocycles. The zero-order valence-corrected chi connectivity index (χ0v) is 6.89. The Labute approximate surface area is 70.4 Å². The van der Waals surface area contributed by atoms with E-state index in [0.717, 1.165) is 5.46 Å². The molecule has 12 heavy (non-hydrogen) atoms. The van der Waals surface area contributed by atoms with Crippen molar-refractivity contribution >= 4 is 19.3 Å². The van der Waals surface area contributed by atoms with Gasteiger partial charge in [-0.3, -0.25) is 0 Å². The predicted octanol–water partition coefficient (Wildman–Crippen LogP) is 0.0907. The van der Waals surface area contributed by atoms with Gasteiger partial charge >= 0.3 is 5.97 Å². The lowest BCUT2D eigenvalue weighted by molar-refractivity contribution is 0.0691. The number of carboxylic acid groups (broad SMARTS) is 1. The van der Waals surface area contributed by atoms with Gasteiger partial charge in [0.1, 0.15) is 13.7 Å². The number of aryl methyl sites for hydroxylation is 1. The van der Waals surface area contributed by atoms with Crippen LogP contribution in [0.5, 0.6) is 0 Å². The SMILES string of the molecule is Bc1cc(C)c(C(=O)O)c(F)c1. The standard InChI is InChI=1S/C8H8BFO2/c1-4-2-5(9)3-6(10)7(4)8(11)12/h2-3H,9H2,1H3,(H,11,12). The van der Waals surface area contributed by atoms with Crippen LogP contribution in [0, 0.1) is 12.7 Å². The molecule has 0 radical (unpaired) electrons. The number of hydrogen-bond donors (Lipinski definition) is 1. The number of rotatable bonds is 1. The lowest BCUT2D eigenvalue weighted by Gasteiger charge is -2.03. The summed E-state index contributed by atoms with van der Waals surface area (Å²) in [6.45, 7) is 1.58. The van der Waals surface area contributed by atoms with Gasteiger partial charge < -0.3 is 5.11 Å². The monoisotopic (exact) mass is 166 g/mol. The summed E-state index contributed by atoms with van der Waals surface area (Å²) in [6.07, 6.45) is 0. The molecule has 1 rings (SSSR count). The molecule has 1 aromatic rings. The van der Waals surface area contributed by atoms with Crippen molar-refractivity contribution in [2.45, 2.75) is 6.92 Å². The summed E-state index contributed by atoms with van der Waals surface area (Å²) in [6, 6.07) is 2.86. The Morgan fingerprint density at radius 1 is 1.58 bits per heavy atom. The second kappa shape index (κ2) is 2.97. The Bertz CT molecular complexity index is 313. The van der Waals surface area contributed by atoms with E-state index in [4.69, 9.17) is 5.11 Å². The second-order valence-corrected chi connectivity index (χ2v) is 2.74. The van der Waals surface area contributed by atoms with Crippen LogP contribution in [0.1, 0.15) is 15.9 Å². The number of carboxylic acids is 1. The molecule has 1 aromatic carbocycles. The van der Waals surface area contributed by atoms with Gasteiger partial charge in [-0.15, -0.1) is 0 Å². The summed E-state index contributed by atoms with van der Waals surface area (Å²) >= 11 is 0. The van der Waals surface area contributed by atoms with Crippen LogP contribution in [0.4, 0.5) is 4.39 Å². The van der Waals surface area contributed by atoms with Crippen LogP contribution in [0.25, 0.3) is 0 Å². The number of carbonyl (C=O) groups is 1. The molecule has 0 aliphatic carbocycles. The van der Waals surface area contributed by atoms with E-state index < -0.39 is 11.8 Å². The van der Waals surface area contributed by atoms with Gasteiger partial charge in [0.05, 0.1) is 5.56 Å². The summed E-state index contributed by atoms with van der Waals surface area (Å²) in [5.41, 5.74) is 0.954. The number of halogens is 1. The van der Waals surface area contributed by atoms with Crippen molar-refractivity contribution < 1.29 is 14.3 Å². The zero-order valence-electron chi connectivity index (χ0n) is 6.89. The van der Waals surface area contributed by atoms with Crippen LogP contribution in [-0.2, 0) is 0 Å². The lowest BCUT2D eigenvalue weighted by Crippen LogP contribution is -2.11. The van der Waals surface area contributed by atoms with Crippen molar-refractivity contribution in [3.8, 4) is 0 Å². The number of aromatic carboxylic acids is 1. The van der Waals surface area contributed by atoms with Gasteiger partial charge in [-0.05, 0) is 18.6 Å². The van der Waals surface area contributed by atoms with Crippen LogP contribution in [0.15, 0.2) is 12.1 Å². The molecule has 0 heterocycles. The van der Waals surface area contributed by atoms with E-state index in [-0.39, 0.29) is 5.56 Å². The van der Waals surface area contributed by atoms with E-state index >= 15 is 0 Å². The lowest BCUT2D eigenvalue weighted by atomic mass is 9.92. The maximum absolute atomic E-state index is 13.0. The third-order valence-electron chi connectivity index (χ3n) is 1.65. The second-order valence-electron chi connectivity index (χ2n) is 2.74. The summed E-state index contributed by atoms with van der Waals surface area (Å²) < 4.78 is 13.0. The average molecular weight is 166 g/mol. The molecule has 0 bridgehead atoms. The summed E-state index contributed by atoms with van der Waals surface area (Å²) in [5, 5.41) is 8.60. The number of hydrogen-bond acceptors (Lipinski definition) is 1. The van der Waals surface area contributed by atoms with Gasteiger partial charge in [-0.25, -0.2) is 9.18 Å². The molecule has 0 amide bonds. The Balaban J connectivity index is 3.38. The van der Waals surface area contributed by atoms with Crippen LogP contribution in [0.2, 0.25) is 0 Å². The third kappa shape index (κ3) is 1.47. The summed E-state index contributed by atoms with van der Waals surface area (Å²) in [7, 11) is 1.72. The first kappa shape index (κ1) is 8.78. The maximum atomic E-state index is 13.0. The van der Waals surface area contributed by atoms with Crippen LogP contribution >= 0.6 is 0 Å². The average Bonchev–Trinajstić information content (AvgIpc) is 1.82. The highest BCUT2D eigenvalue weighted by Crippen LogP contribution is 2.10. The largest absolute Gasteiger partial charge is 0.478 e. The normalized spacial score (nSPS) is 9.83. The summed E-state index contributed by atoms with van der Waals surface area (Å²) in [5.74, 6) is -1.88. The van der Waals surface area contributed by atoms with Gasteiger partial charge in [-0.1, -0.05) is 11.5 Å². The summed E-state index contributed by atoms with van der Waals surface area (Å²) in [4.78, 5) is 10.5. The first-order chi connectivity index (χ1) is 5.52. The van der Waals surface area contributed by atoms with Crippen molar-refractivity contribution in [3.05, 3.63) is 29.1 Å². The molecule has 4 heteroatoms. The van der Waals surface area contributed by atoms with Gasteiger partial charge in [0, 0.05) is 0 Å². The first-order valence-electron chi connectivity index (χ1n) is 3.52. The maximum Gasteiger partial charge on any atom is 0.338 e. The predicted molar refractivity (Wildman–Crippen MR) is 46.3 cm³/mol. The van der Waals surface area contributed by atoms with Gasteiger partial charge in [0.2, 0.25) is 0 Å².